The van der Waals surface area contributed by atoms with Gasteiger partial charge in [-0.15, -0.1) is 16.8 Å². The molecule has 0 saturated carbocycles. The van der Waals surface area contributed by atoms with Crippen LogP contribution in [0.3, 0.4) is 0 Å². The molecule has 0 unspecified atom stereocenters. The van der Waals surface area contributed by atoms with E-state index in [-0.39, 0.29) is 34.7 Å². The Bertz CT molecular complexity index is 650. The monoisotopic (exact) mass is 441 g/mol. The second kappa shape index (κ2) is 10.1. The fourth-order valence-corrected chi connectivity index (χ4v) is 4.31. The number of amides is 3. The van der Waals surface area contributed by atoms with Crippen molar-refractivity contribution in [2.75, 3.05) is 38.5 Å². The van der Waals surface area contributed by atoms with Gasteiger partial charge in [-0.3, -0.25) is 19.3 Å². The van der Waals surface area contributed by atoms with E-state index >= 15 is 0 Å². The average molecular weight is 442 g/mol. The number of hydroxylamine groups is 2. The summed E-state index contributed by atoms with van der Waals surface area (Å²) in [5, 5.41) is 0.568. The highest BCUT2D eigenvalue weighted by Gasteiger charge is 2.33. The van der Waals surface area contributed by atoms with Crippen molar-refractivity contribution in [2.24, 2.45) is 5.41 Å². The Morgan fingerprint density at radius 3 is 2.07 bits per heavy atom. The third-order valence-electron chi connectivity index (χ3n) is 5.14. The summed E-state index contributed by atoms with van der Waals surface area (Å²) in [6.45, 7) is 15.0. The van der Waals surface area contributed by atoms with Gasteiger partial charge in [0.1, 0.15) is 0 Å². The lowest BCUT2D eigenvalue weighted by atomic mass is 9.96. The molecule has 0 bridgehead atoms. The number of carbonyl (C=O) groups is 4. The number of imide groups is 1. The van der Waals surface area contributed by atoms with E-state index in [1.54, 1.807) is 0 Å². The standard InChI is InChI=1S/C21H35N3O5S/c1-20(2,3)15-22-10-12-23(13-11-22)16(25)8-9-21(4,5)30-14-19(28)29-24-17(26)6-7-18(24)27/h6-15H2,1-5H3. The quantitative estimate of drug-likeness (QED) is 0.533. The van der Waals surface area contributed by atoms with Crippen LogP contribution in [-0.2, 0) is 24.0 Å². The van der Waals surface area contributed by atoms with E-state index in [4.69, 9.17) is 4.84 Å². The second-order valence-corrected chi connectivity index (χ2v) is 11.5. The second-order valence-electron chi connectivity index (χ2n) is 9.81. The van der Waals surface area contributed by atoms with E-state index in [0.29, 0.717) is 17.9 Å². The molecular formula is C21H35N3O5S. The Kier molecular flexibility index (Phi) is 8.33. The van der Waals surface area contributed by atoms with Gasteiger partial charge < -0.3 is 9.74 Å². The first kappa shape index (κ1) is 24.7. The molecule has 0 aliphatic carbocycles. The molecular weight excluding hydrogens is 406 g/mol. The zero-order chi connectivity index (χ0) is 22.5. The summed E-state index contributed by atoms with van der Waals surface area (Å²) in [4.78, 5) is 56.8. The number of thioether (sulfide) groups is 1. The zero-order valence-electron chi connectivity index (χ0n) is 18.9. The van der Waals surface area contributed by atoms with E-state index in [9.17, 15) is 19.2 Å². The minimum Gasteiger partial charge on any atom is -0.340 e. The number of nitrogens with zero attached hydrogens (tertiary/aromatic N) is 3. The number of piperazine rings is 1. The molecule has 9 heteroatoms. The highest BCUT2D eigenvalue weighted by Crippen LogP contribution is 2.30. The molecule has 0 spiro atoms. The van der Waals surface area contributed by atoms with Gasteiger partial charge in [0.15, 0.2) is 0 Å². The van der Waals surface area contributed by atoms with Crippen LogP contribution in [0.1, 0.15) is 60.3 Å². The van der Waals surface area contributed by atoms with Gasteiger partial charge >= 0.3 is 5.97 Å². The zero-order valence-corrected chi connectivity index (χ0v) is 19.7. The Morgan fingerprint density at radius 2 is 1.53 bits per heavy atom. The molecule has 0 radical (unpaired) electrons. The first-order valence-electron chi connectivity index (χ1n) is 10.6. The molecule has 0 aromatic heterocycles. The molecule has 170 valence electrons. The van der Waals surface area contributed by atoms with Crippen LogP contribution in [0.2, 0.25) is 0 Å². The highest BCUT2D eigenvalue weighted by atomic mass is 32.2. The van der Waals surface area contributed by atoms with Crippen LogP contribution in [0.5, 0.6) is 0 Å². The van der Waals surface area contributed by atoms with Gasteiger partial charge in [0.05, 0.1) is 5.75 Å². The predicted octanol–water partition coefficient (Wildman–Crippen LogP) is 2.08. The maximum absolute atomic E-state index is 12.6. The SMILES string of the molecule is CC(C)(C)CN1CCN(C(=O)CCC(C)(C)SCC(=O)ON2C(=O)CCC2=O)CC1. The minimum atomic E-state index is -0.627. The third-order valence-corrected chi connectivity index (χ3v) is 6.51. The lowest BCUT2D eigenvalue weighted by Crippen LogP contribution is -2.50. The Balaban J connectivity index is 1.69. The van der Waals surface area contributed by atoms with Crippen molar-refractivity contribution in [3.05, 3.63) is 0 Å². The van der Waals surface area contributed by atoms with Crippen molar-refractivity contribution < 1.29 is 24.0 Å². The number of carbonyl (C=O) groups excluding carboxylic acids is 4. The molecule has 3 amide bonds. The highest BCUT2D eigenvalue weighted by molar-refractivity contribution is 8.01. The topological polar surface area (TPSA) is 87.2 Å². The summed E-state index contributed by atoms with van der Waals surface area (Å²) in [5.74, 6) is -1.42. The summed E-state index contributed by atoms with van der Waals surface area (Å²) in [5.41, 5.74) is 0.254. The van der Waals surface area contributed by atoms with E-state index in [1.165, 1.54) is 11.8 Å². The van der Waals surface area contributed by atoms with E-state index in [0.717, 1.165) is 32.7 Å². The van der Waals surface area contributed by atoms with E-state index in [1.807, 2.05) is 18.7 Å². The molecule has 0 aromatic rings. The number of hydrogen-bond acceptors (Lipinski definition) is 7. The summed E-state index contributed by atoms with van der Waals surface area (Å²) < 4.78 is -0.304. The van der Waals surface area contributed by atoms with E-state index < -0.39 is 17.8 Å². The Labute approximate surface area is 183 Å². The molecule has 2 aliphatic heterocycles. The molecule has 0 N–H and O–H groups in total. The predicted molar refractivity (Wildman–Crippen MR) is 115 cm³/mol. The first-order valence-corrected chi connectivity index (χ1v) is 11.6. The van der Waals surface area contributed by atoms with Crippen LogP contribution >= 0.6 is 11.8 Å². The van der Waals surface area contributed by atoms with Crippen molar-refractivity contribution in [2.45, 2.75) is 65.0 Å². The fourth-order valence-electron chi connectivity index (χ4n) is 3.50. The lowest BCUT2D eigenvalue weighted by molar-refractivity contribution is -0.195. The average Bonchev–Trinajstić information content (AvgIpc) is 2.96. The van der Waals surface area contributed by atoms with E-state index in [2.05, 4.69) is 25.7 Å². The van der Waals surface area contributed by atoms with Crippen molar-refractivity contribution in [1.29, 1.82) is 0 Å². The summed E-state index contributed by atoms with van der Waals surface area (Å²) in [6, 6.07) is 0. The molecule has 2 aliphatic rings. The molecule has 2 heterocycles. The van der Waals surface area contributed by atoms with Gasteiger partial charge in [0.2, 0.25) is 5.91 Å². The number of hydrogen-bond donors (Lipinski definition) is 0. The molecule has 0 aromatic carbocycles. The molecule has 2 saturated heterocycles. The van der Waals surface area contributed by atoms with Crippen LogP contribution in [0.15, 0.2) is 0 Å². The number of rotatable bonds is 8. The van der Waals surface area contributed by atoms with Crippen molar-refractivity contribution in [1.82, 2.24) is 14.9 Å². The van der Waals surface area contributed by atoms with Crippen LogP contribution in [-0.4, -0.2) is 81.8 Å². The van der Waals surface area contributed by atoms with Gasteiger partial charge in [-0.2, -0.15) is 0 Å². The third kappa shape index (κ3) is 7.91. The Morgan fingerprint density at radius 1 is 0.967 bits per heavy atom. The van der Waals surface area contributed by atoms with Crippen molar-refractivity contribution in [3.63, 3.8) is 0 Å². The van der Waals surface area contributed by atoms with Gasteiger partial charge in [0.25, 0.3) is 11.8 Å². The summed E-state index contributed by atoms with van der Waals surface area (Å²) in [7, 11) is 0. The lowest BCUT2D eigenvalue weighted by Gasteiger charge is -2.38. The van der Waals surface area contributed by atoms with Gasteiger partial charge in [-0.05, 0) is 11.8 Å². The first-order chi connectivity index (χ1) is 13.9. The molecule has 2 fully saturated rings. The summed E-state index contributed by atoms with van der Waals surface area (Å²) in [6.07, 6.45) is 1.22. The normalized spacial score (nSPS) is 18.8. The van der Waals surface area contributed by atoms with Gasteiger partial charge in [-0.25, -0.2) is 4.79 Å². The Hall–Kier alpha value is -1.61. The smallest absolute Gasteiger partial charge is 0.340 e. The van der Waals surface area contributed by atoms with Crippen molar-refractivity contribution >= 4 is 35.5 Å². The van der Waals surface area contributed by atoms with Crippen LogP contribution in [0.25, 0.3) is 0 Å². The summed E-state index contributed by atoms with van der Waals surface area (Å²) >= 11 is 1.37. The van der Waals surface area contributed by atoms with Crippen LogP contribution < -0.4 is 0 Å². The van der Waals surface area contributed by atoms with Gasteiger partial charge in [0, 0.05) is 56.7 Å². The van der Waals surface area contributed by atoms with Crippen molar-refractivity contribution in [3.8, 4) is 0 Å². The largest absolute Gasteiger partial charge is 0.343 e. The molecule has 0 atom stereocenters. The fraction of sp³-hybridized carbons (Fsp3) is 0.810. The van der Waals surface area contributed by atoms with Crippen LogP contribution in [0.4, 0.5) is 0 Å². The van der Waals surface area contributed by atoms with Gasteiger partial charge in [-0.1, -0.05) is 34.6 Å². The van der Waals surface area contributed by atoms with Crippen LogP contribution in [0, 0.1) is 5.41 Å². The molecule has 8 nitrogen and oxygen atoms in total. The molecule has 30 heavy (non-hydrogen) atoms. The minimum absolute atomic E-state index is 0.0176. The molecule has 2 rings (SSSR count). The maximum atomic E-state index is 12.6. The maximum Gasteiger partial charge on any atom is 0.343 e.